The normalized spacial score (nSPS) is 10.8. The van der Waals surface area contributed by atoms with Crippen LogP contribution < -0.4 is 5.73 Å². The van der Waals surface area contributed by atoms with Gasteiger partial charge in [0.15, 0.2) is 0 Å². The van der Waals surface area contributed by atoms with Crippen molar-refractivity contribution in [2.24, 2.45) is 0 Å². The maximum atomic E-state index is 5.84. The lowest BCUT2D eigenvalue weighted by atomic mass is 10.5. The summed E-state index contributed by atoms with van der Waals surface area (Å²) in [6.07, 6.45) is 0. The number of rotatable bonds is 4. The second-order valence-corrected chi connectivity index (χ2v) is 6.09. The van der Waals surface area contributed by atoms with Crippen molar-refractivity contribution in [3.8, 4) is 0 Å². The standard InChI is InChI=1S/C10H8ClN7S2/c11-7-4-8(14-9(12)13-7)20-10-15-16-17-18(10)5-6-2-1-3-19-6/h1-4H,5H2,(H2,12,13,14). The summed E-state index contributed by atoms with van der Waals surface area (Å²) in [5.41, 5.74) is 5.56. The van der Waals surface area contributed by atoms with E-state index in [1.54, 1.807) is 22.1 Å². The Labute approximate surface area is 127 Å². The van der Waals surface area contributed by atoms with Gasteiger partial charge in [0, 0.05) is 10.9 Å². The zero-order valence-electron chi connectivity index (χ0n) is 9.97. The number of thiophene rings is 1. The van der Waals surface area contributed by atoms with Crippen molar-refractivity contribution in [3.05, 3.63) is 33.6 Å². The first-order valence-corrected chi connectivity index (χ1v) is 7.54. The molecule has 0 aromatic carbocycles. The number of aromatic nitrogens is 6. The first kappa shape index (κ1) is 13.3. The van der Waals surface area contributed by atoms with E-state index in [0.29, 0.717) is 16.7 Å². The molecule has 0 aliphatic rings. The summed E-state index contributed by atoms with van der Waals surface area (Å²) in [4.78, 5) is 9.06. The fraction of sp³-hybridized carbons (Fsp3) is 0.100. The summed E-state index contributed by atoms with van der Waals surface area (Å²) in [6, 6.07) is 5.63. The van der Waals surface area contributed by atoms with Crippen LogP contribution in [0.4, 0.5) is 5.95 Å². The van der Waals surface area contributed by atoms with Gasteiger partial charge in [-0.15, -0.1) is 16.4 Å². The lowest BCUT2D eigenvalue weighted by Crippen LogP contribution is -2.03. The van der Waals surface area contributed by atoms with Gasteiger partial charge in [-0.25, -0.2) is 14.6 Å². The van der Waals surface area contributed by atoms with Gasteiger partial charge in [-0.2, -0.15) is 0 Å². The first-order chi connectivity index (χ1) is 9.70. The molecule has 2 N–H and O–H groups in total. The maximum Gasteiger partial charge on any atom is 0.222 e. The molecule has 0 aliphatic heterocycles. The molecule has 0 saturated heterocycles. The Morgan fingerprint density at radius 1 is 1.40 bits per heavy atom. The van der Waals surface area contributed by atoms with E-state index < -0.39 is 0 Å². The molecule has 3 rings (SSSR count). The summed E-state index contributed by atoms with van der Waals surface area (Å²) in [7, 11) is 0. The Balaban J connectivity index is 1.82. The molecular weight excluding hydrogens is 318 g/mol. The summed E-state index contributed by atoms with van der Waals surface area (Å²) >= 11 is 8.78. The van der Waals surface area contributed by atoms with Crippen LogP contribution >= 0.6 is 34.7 Å². The number of anilines is 1. The molecule has 10 heteroatoms. The highest BCUT2D eigenvalue weighted by atomic mass is 35.5. The summed E-state index contributed by atoms with van der Waals surface area (Å²) < 4.78 is 1.70. The largest absolute Gasteiger partial charge is 0.368 e. The van der Waals surface area contributed by atoms with Crippen LogP contribution in [0.15, 0.2) is 33.8 Å². The average molecular weight is 326 g/mol. The van der Waals surface area contributed by atoms with Gasteiger partial charge in [0.25, 0.3) is 0 Å². The number of hydrogen-bond acceptors (Lipinski definition) is 8. The number of halogens is 1. The highest BCUT2D eigenvalue weighted by Crippen LogP contribution is 2.26. The number of nitrogen functional groups attached to an aromatic ring is 1. The van der Waals surface area contributed by atoms with Crippen molar-refractivity contribution in [1.82, 2.24) is 30.2 Å². The van der Waals surface area contributed by atoms with E-state index in [1.807, 2.05) is 17.5 Å². The van der Waals surface area contributed by atoms with Gasteiger partial charge in [-0.1, -0.05) is 17.7 Å². The SMILES string of the molecule is Nc1nc(Cl)cc(Sc2nnnn2Cc2cccs2)n1. The minimum absolute atomic E-state index is 0.122. The van der Waals surface area contributed by atoms with Crippen LogP contribution in [0.1, 0.15) is 4.88 Å². The molecule has 20 heavy (non-hydrogen) atoms. The Morgan fingerprint density at radius 3 is 3.05 bits per heavy atom. The van der Waals surface area contributed by atoms with Crippen molar-refractivity contribution in [2.75, 3.05) is 5.73 Å². The molecule has 3 heterocycles. The molecule has 0 amide bonds. The summed E-state index contributed by atoms with van der Waals surface area (Å²) in [5.74, 6) is 0.122. The van der Waals surface area contributed by atoms with E-state index in [0.717, 1.165) is 0 Å². The topological polar surface area (TPSA) is 95.4 Å². The van der Waals surface area contributed by atoms with Gasteiger partial charge in [0.05, 0.1) is 6.54 Å². The average Bonchev–Trinajstić information content (AvgIpc) is 3.01. The Bertz CT molecular complexity index is 692. The smallest absolute Gasteiger partial charge is 0.222 e. The molecule has 0 fully saturated rings. The molecule has 3 aromatic heterocycles. The predicted octanol–water partition coefficient (Wildman–Crippen LogP) is 1.96. The highest BCUT2D eigenvalue weighted by Gasteiger charge is 2.11. The second kappa shape index (κ2) is 5.73. The van der Waals surface area contributed by atoms with Crippen LogP contribution in [0.5, 0.6) is 0 Å². The van der Waals surface area contributed by atoms with E-state index in [4.69, 9.17) is 17.3 Å². The fourth-order valence-corrected chi connectivity index (χ4v) is 3.20. The molecule has 0 radical (unpaired) electrons. The molecule has 102 valence electrons. The first-order valence-electron chi connectivity index (χ1n) is 5.47. The Morgan fingerprint density at radius 2 is 2.30 bits per heavy atom. The van der Waals surface area contributed by atoms with Gasteiger partial charge >= 0.3 is 0 Å². The van der Waals surface area contributed by atoms with Gasteiger partial charge in [-0.05, 0) is 33.6 Å². The summed E-state index contributed by atoms with van der Waals surface area (Å²) in [5, 5.41) is 15.1. The minimum Gasteiger partial charge on any atom is -0.368 e. The van der Waals surface area contributed by atoms with Crippen LogP contribution in [-0.2, 0) is 6.54 Å². The number of tetrazole rings is 1. The Kier molecular flexibility index (Phi) is 3.81. The number of hydrogen-bond donors (Lipinski definition) is 1. The third-order valence-electron chi connectivity index (χ3n) is 2.27. The van der Waals surface area contributed by atoms with Crippen molar-refractivity contribution in [3.63, 3.8) is 0 Å². The second-order valence-electron chi connectivity index (χ2n) is 3.69. The van der Waals surface area contributed by atoms with Gasteiger partial charge < -0.3 is 5.73 Å². The zero-order chi connectivity index (χ0) is 13.9. The van der Waals surface area contributed by atoms with E-state index in [9.17, 15) is 0 Å². The predicted molar refractivity (Wildman–Crippen MR) is 76.8 cm³/mol. The maximum absolute atomic E-state index is 5.84. The molecule has 0 unspecified atom stereocenters. The van der Waals surface area contributed by atoms with E-state index >= 15 is 0 Å². The number of nitrogens with zero attached hydrogens (tertiary/aromatic N) is 6. The third-order valence-corrected chi connectivity index (χ3v) is 4.22. The molecule has 0 aliphatic carbocycles. The van der Waals surface area contributed by atoms with Crippen LogP contribution in [0, 0.1) is 0 Å². The van der Waals surface area contributed by atoms with Crippen LogP contribution in [0.25, 0.3) is 0 Å². The molecule has 0 bridgehead atoms. The van der Waals surface area contributed by atoms with Crippen molar-refractivity contribution < 1.29 is 0 Å². The molecular formula is C10H8ClN7S2. The van der Waals surface area contributed by atoms with E-state index in [2.05, 4.69) is 25.5 Å². The minimum atomic E-state index is 0.122. The molecule has 0 atom stereocenters. The number of nitrogens with two attached hydrogens (primary N) is 1. The van der Waals surface area contributed by atoms with Crippen LogP contribution in [0.3, 0.4) is 0 Å². The van der Waals surface area contributed by atoms with Crippen LogP contribution in [0.2, 0.25) is 5.15 Å². The van der Waals surface area contributed by atoms with Gasteiger partial charge in [0.2, 0.25) is 11.1 Å². The zero-order valence-corrected chi connectivity index (χ0v) is 12.4. The molecule has 0 saturated carbocycles. The van der Waals surface area contributed by atoms with Gasteiger partial charge in [-0.3, -0.25) is 0 Å². The van der Waals surface area contributed by atoms with E-state index in [-0.39, 0.29) is 11.1 Å². The molecule has 0 spiro atoms. The van der Waals surface area contributed by atoms with E-state index in [1.165, 1.54) is 16.6 Å². The molecule has 3 aromatic rings. The molecule has 7 nitrogen and oxygen atoms in total. The van der Waals surface area contributed by atoms with Crippen LogP contribution in [-0.4, -0.2) is 30.2 Å². The van der Waals surface area contributed by atoms with Crippen molar-refractivity contribution in [1.29, 1.82) is 0 Å². The monoisotopic (exact) mass is 325 g/mol. The summed E-state index contributed by atoms with van der Waals surface area (Å²) in [6.45, 7) is 0.612. The fourth-order valence-electron chi connectivity index (χ4n) is 1.48. The van der Waals surface area contributed by atoms with Crippen molar-refractivity contribution in [2.45, 2.75) is 16.7 Å². The third kappa shape index (κ3) is 3.06. The Hall–Kier alpha value is -1.71. The van der Waals surface area contributed by atoms with Gasteiger partial charge in [0.1, 0.15) is 10.2 Å². The highest BCUT2D eigenvalue weighted by molar-refractivity contribution is 7.99. The lowest BCUT2D eigenvalue weighted by molar-refractivity contribution is 0.608. The van der Waals surface area contributed by atoms with Crippen molar-refractivity contribution >= 4 is 40.6 Å². The quantitative estimate of drug-likeness (QED) is 0.732. The lowest BCUT2D eigenvalue weighted by Gasteiger charge is -2.03.